The Bertz CT molecular complexity index is 838. The number of fused-ring (bicyclic) bond motifs is 2. The van der Waals surface area contributed by atoms with Gasteiger partial charge in [0, 0.05) is 35.3 Å². The first-order valence-electron chi connectivity index (χ1n) is 6.55. The molecule has 4 rings (SSSR count). The fourth-order valence-electron chi connectivity index (χ4n) is 2.77. The van der Waals surface area contributed by atoms with E-state index in [9.17, 15) is 0 Å². The Hall–Kier alpha value is -2.26. The summed E-state index contributed by atoms with van der Waals surface area (Å²) in [6, 6.07) is 14.8. The zero-order valence-electron chi connectivity index (χ0n) is 11.0. The van der Waals surface area contributed by atoms with Crippen LogP contribution in [0.5, 0.6) is 0 Å². The summed E-state index contributed by atoms with van der Waals surface area (Å²) in [7, 11) is 0. The third kappa shape index (κ3) is 1.63. The maximum atomic E-state index is 5.88. The molecule has 0 saturated carbocycles. The molecule has 1 aliphatic rings. The first-order valence-corrected chi connectivity index (χ1v) is 7.43. The third-order valence-electron chi connectivity index (χ3n) is 3.85. The van der Waals surface area contributed by atoms with Crippen LogP contribution >= 0.6 is 11.3 Å². The molecule has 1 aliphatic heterocycles. The van der Waals surface area contributed by atoms with Gasteiger partial charge in [0.15, 0.2) is 0 Å². The lowest BCUT2D eigenvalue weighted by Crippen LogP contribution is -2.12. The minimum Gasteiger partial charge on any atom is -0.399 e. The molecule has 2 nitrogen and oxygen atoms in total. The van der Waals surface area contributed by atoms with Gasteiger partial charge in [0.1, 0.15) is 0 Å². The first kappa shape index (κ1) is 11.6. The molecule has 100 valence electrons. The van der Waals surface area contributed by atoms with Crippen LogP contribution in [-0.4, -0.2) is 0 Å². The van der Waals surface area contributed by atoms with Crippen molar-refractivity contribution in [1.29, 1.82) is 0 Å². The minimum absolute atomic E-state index is 0. The fraction of sp³-hybridized carbons (Fsp3) is 0.0588. The molecule has 0 spiro atoms. The topological polar surface area (TPSA) is 29.3 Å². The lowest BCUT2D eigenvalue weighted by molar-refractivity contribution is 1.04. The fourth-order valence-corrected chi connectivity index (χ4v) is 3.59. The average Bonchev–Trinajstić information content (AvgIpc) is 3.03. The lowest BCUT2D eigenvalue weighted by atomic mass is 10.1. The predicted molar refractivity (Wildman–Crippen MR) is 90.0 cm³/mol. The number of thiophene rings is 1. The van der Waals surface area contributed by atoms with E-state index in [-0.39, 0.29) is 1.43 Å². The minimum atomic E-state index is 0. The van der Waals surface area contributed by atoms with Crippen LogP contribution in [-0.2, 0) is 6.54 Å². The number of nitrogen functional groups attached to an aromatic ring is 1. The van der Waals surface area contributed by atoms with E-state index in [1.54, 1.807) is 11.3 Å². The molecular formula is C17H16N2S. The average molecular weight is 280 g/mol. The number of hydrogen-bond acceptors (Lipinski definition) is 3. The largest absolute Gasteiger partial charge is 0.399 e. The van der Waals surface area contributed by atoms with Crippen LogP contribution < -0.4 is 10.6 Å². The molecule has 0 saturated heterocycles. The molecule has 1 aromatic heterocycles. The van der Waals surface area contributed by atoms with Crippen molar-refractivity contribution in [3.05, 3.63) is 65.6 Å². The molecule has 0 atom stereocenters. The maximum Gasteiger partial charge on any atom is 0.0488 e. The Labute approximate surface area is 123 Å². The second kappa shape index (κ2) is 4.12. The highest BCUT2D eigenvalue weighted by Crippen LogP contribution is 2.38. The molecule has 0 fully saturated rings. The van der Waals surface area contributed by atoms with Crippen molar-refractivity contribution >= 4 is 38.5 Å². The summed E-state index contributed by atoms with van der Waals surface area (Å²) >= 11 is 1.77. The van der Waals surface area contributed by atoms with Crippen LogP contribution in [0.4, 0.5) is 11.4 Å². The van der Waals surface area contributed by atoms with Crippen molar-refractivity contribution in [3.63, 3.8) is 0 Å². The number of hydrogen-bond donors (Lipinski definition) is 1. The molecule has 0 bridgehead atoms. The molecule has 0 unspecified atom stereocenters. The lowest BCUT2D eigenvalue weighted by Gasteiger charge is -2.19. The van der Waals surface area contributed by atoms with Gasteiger partial charge in [-0.25, -0.2) is 0 Å². The SMILES string of the molecule is C=C1c2cc(N)ccc2CN1c1ccc2ccsc2c1.[HH]. The Kier molecular flexibility index (Phi) is 2.38. The van der Waals surface area contributed by atoms with E-state index in [4.69, 9.17) is 5.73 Å². The standard InChI is InChI=1S/C17H14N2S.H2/c1-11-16-8-14(18)4-2-13(16)10-19(11)15-5-3-12-6-7-20-17(12)9-15;/h2-9H,1,10,18H2;1H. The van der Waals surface area contributed by atoms with Crippen LogP contribution in [0.2, 0.25) is 0 Å². The number of rotatable bonds is 1. The van der Waals surface area contributed by atoms with Crippen molar-refractivity contribution < 1.29 is 1.43 Å². The van der Waals surface area contributed by atoms with Crippen molar-refractivity contribution in [3.8, 4) is 0 Å². The smallest absolute Gasteiger partial charge is 0.0488 e. The van der Waals surface area contributed by atoms with Crippen LogP contribution in [0, 0.1) is 0 Å². The maximum absolute atomic E-state index is 5.88. The molecule has 3 aromatic rings. The molecule has 3 heteroatoms. The highest BCUT2D eigenvalue weighted by atomic mass is 32.1. The monoisotopic (exact) mass is 280 g/mol. The Morgan fingerprint density at radius 1 is 1.15 bits per heavy atom. The molecular weight excluding hydrogens is 264 g/mol. The van der Waals surface area contributed by atoms with Crippen molar-refractivity contribution in [1.82, 2.24) is 0 Å². The first-order chi connectivity index (χ1) is 9.72. The Morgan fingerprint density at radius 3 is 2.95 bits per heavy atom. The summed E-state index contributed by atoms with van der Waals surface area (Å²) in [5.74, 6) is 0. The van der Waals surface area contributed by atoms with E-state index >= 15 is 0 Å². The van der Waals surface area contributed by atoms with Gasteiger partial charge in [0.05, 0.1) is 0 Å². The van der Waals surface area contributed by atoms with Gasteiger partial charge < -0.3 is 10.6 Å². The van der Waals surface area contributed by atoms with Crippen LogP contribution in [0.25, 0.3) is 15.8 Å². The van der Waals surface area contributed by atoms with E-state index in [1.807, 2.05) is 12.1 Å². The van der Waals surface area contributed by atoms with Gasteiger partial charge in [0.25, 0.3) is 0 Å². The molecule has 0 aliphatic carbocycles. The van der Waals surface area contributed by atoms with Gasteiger partial charge in [-0.3, -0.25) is 0 Å². The highest BCUT2D eigenvalue weighted by Gasteiger charge is 2.23. The van der Waals surface area contributed by atoms with Crippen molar-refractivity contribution in [2.24, 2.45) is 0 Å². The van der Waals surface area contributed by atoms with Crippen LogP contribution in [0.1, 0.15) is 12.6 Å². The Balaban J connectivity index is 0.00000132. The van der Waals surface area contributed by atoms with E-state index in [1.165, 1.54) is 21.3 Å². The number of benzene rings is 2. The van der Waals surface area contributed by atoms with Gasteiger partial charge in [-0.2, -0.15) is 0 Å². The normalized spacial score (nSPS) is 14.0. The second-order valence-corrected chi connectivity index (χ2v) is 6.04. The van der Waals surface area contributed by atoms with Gasteiger partial charge in [-0.05, 0) is 46.7 Å². The summed E-state index contributed by atoms with van der Waals surface area (Å²) in [4.78, 5) is 2.25. The van der Waals surface area contributed by atoms with E-state index in [2.05, 4.69) is 47.2 Å². The molecule has 2 aromatic carbocycles. The van der Waals surface area contributed by atoms with Crippen molar-refractivity contribution in [2.45, 2.75) is 6.54 Å². The third-order valence-corrected chi connectivity index (χ3v) is 4.73. The summed E-state index contributed by atoms with van der Waals surface area (Å²) in [6.45, 7) is 5.10. The summed E-state index contributed by atoms with van der Waals surface area (Å²) in [5, 5.41) is 3.42. The van der Waals surface area contributed by atoms with Crippen LogP contribution in [0.3, 0.4) is 0 Å². The number of nitrogens with zero attached hydrogens (tertiary/aromatic N) is 1. The molecule has 2 heterocycles. The second-order valence-electron chi connectivity index (χ2n) is 5.09. The van der Waals surface area contributed by atoms with Gasteiger partial charge in [-0.1, -0.05) is 18.7 Å². The molecule has 0 radical (unpaired) electrons. The Morgan fingerprint density at radius 2 is 2.05 bits per heavy atom. The molecule has 2 N–H and O–H groups in total. The quantitative estimate of drug-likeness (QED) is 0.653. The zero-order chi connectivity index (χ0) is 13.7. The van der Waals surface area contributed by atoms with Crippen molar-refractivity contribution in [2.75, 3.05) is 10.6 Å². The van der Waals surface area contributed by atoms with E-state index in [0.29, 0.717) is 0 Å². The van der Waals surface area contributed by atoms with E-state index < -0.39 is 0 Å². The van der Waals surface area contributed by atoms with Gasteiger partial charge >= 0.3 is 0 Å². The molecule has 20 heavy (non-hydrogen) atoms. The zero-order valence-corrected chi connectivity index (χ0v) is 11.8. The summed E-state index contributed by atoms with van der Waals surface area (Å²) in [5.41, 5.74) is 11.3. The number of anilines is 2. The van der Waals surface area contributed by atoms with E-state index in [0.717, 1.165) is 23.5 Å². The summed E-state index contributed by atoms with van der Waals surface area (Å²) < 4.78 is 1.31. The summed E-state index contributed by atoms with van der Waals surface area (Å²) in [6.07, 6.45) is 0. The van der Waals surface area contributed by atoms with Crippen LogP contribution in [0.15, 0.2) is 54.4 Å². The highest BCUT2D eigenvalue weighted by molar-refractivity contribution is 7.17. The van der Waals surface area contributed by atoms with Gasteiger partial charge in [-0.15, -0.1) is 11.3 Å². The van der Waals surface area contributed by atoms with Gasteiger partial charge in [0.2, 0.25) is 0 Å². The molecule has 0 amide bonds. The predicted octanol–water partition coefficient (Wildman–Crippen LogP) is 4.72. The number of nitrogens with two attached hydrogens (primary N) is 1.